The molecule has 0 saturated carbocycles. The van der Waals surface area contributed by atoms with Crippen LogP contribution in [0.25, 0.3) is 0 Å². The lowest BCUT2D eigenvalue weighted by molar-refractivity contribution is -0.00874. The van der Waals surface area contributed by atoms with Crippen LogP contribution < -0.4 is 10.6 Å². The molecule has 0 aromatic heterocycles. The number of halogens is 1. The van der Waals surface area contributed by atoms with E-state index in [4.69, 9.17) is 16.3 Å². The highest BCUT2D eigenvalue weighted by Gasteiger charge is 2.28. The predicted molar refractivity (Wildman–Crippen MR) is 88.2 cm³/mol. The molecule has 6 heteroatoms. The summed E-state index contributed by atoms with van der Waals surface area (Å²) in [6, 6.07) is 7.28. The molecule has 1 aromatic rings. The maximum absolute atomic E-state index is 11.9. The van der Waals surface area contributed by atoms with Crippen molar-refractivity contribution in [1.29, 1.82) is 0 Å². The van der Waals surface area contributed by atoms with E-state index in [-0.39, 0.29) is 11.6 Å². The Bertz CT molecular complexity index is 485. The molecule has 1 saturated heterocycles. The van der Waals surface area contributed by atoms with Crippen LogP contribution in [0, 0.1) is 0 Å². The van der Waals surface area contributed by atoms with E-state index < -0.39 is 0 Å². The molecule has 5 nitrogen and oxygen atoms in total. The first-order valence-electron chi connectivity index (χ1n) is 7.56. The van der Waals surface area contributed by atoms with Gasteiger partial charge in [-0.25, -0.2) is 4.79 Å². The molecular formula is C16H24ClN3O2. The number of benzene rings is 1. The molecule has 1 fully saturated rings. The second-order valence-corrected chi connectivity index (χ2v) is 6.51. The van der Waals surface area contributed by atoms with Gasteiger partial charge in [-0.15, -0.1) is 0 Å². The molecule has 0 spiro atoms. The van der Waals surface area contributed by atoms with Gasteiger partial charge in [0, 0.05) is 36.7 Å². The van der Waals surface area contributed by atoms with Crippen LogP contribution in [0.1, 0.15) is 19.4 Å². The number of morpholine rings is 1. The summed E-state index contributed by atoms with van der Waals surface area (Å²) in [7, 11) is 0. The van der Waals surface area contributed by atoms with Crippen molar-refractivity contribution in [3.63, 3.8) is 0 Å². The Labute approximate surface area is 137 Å². The van der Waals surface area contributed by atoms with E-state index in [1.807, 2.05) is 24.3 Å². The molecule has 1 aliphatic rings. The number of nitrogens with one attached hydrogen (secondary N) is 2. The fourth-order valence-electron chi connectivity index (χ4n) is 2.42. The standard InChI is InChI=1S/C16H24ClN3O2/c1-16(2,20-7-9-22-10-8-20)12-19-15(21)18-11-13-3-5-14(17)6-4-13/h3-6H,7-12H2,1-2H3,(H2,18,19,21). The lowest BCUT2D eigenvalue weighted by Crippen LogP contribution is -2.56. The molecule has 0 bridgehead atoms. The van der Waals surface area contributed by atoms with Gasteiger partial charge in [0.15, 0.2) is 0 Å². The first-order chi connectivity index (χ1) is 10.5. The second-order valence-electron chi connectivity index (χ2n) is 6.07. The van der Waals surface area contributed by atoms with Crippen molar-refractivity contribution in [2.45, 2.75) is 25.9 Å². The van der Waals surface area contributed by atoms with Gasteiger partial charge in [-0.05, 0) is 31.5 Å². The molecule has 0 aliphatic carbocycles. The quantitative estimate of drug-likeness (QED) is 0.873. The summed E-state index contributed by atoms with van der Waals surface area (Å²) in [5.41, 5.74) is 0.938. The monoisotopic (exact) mass is 325 g/mol. The fraction of sp³-hybridized carbons (Fsp3) is 0.562. The molecule has 122 valence electrons. The van der Waals surface area contributed by atoms with Gasteiger partial charge < -0.3 is 15.4 Å². The van der Waals surface area contributed by atoms with Gasteiger partial charge >= 0.3 is 6.03 Å². The number of hydrogen-bond donors (Lipinski definition) is 2. The number of ether oxygens (including phenoxy) is 1. The van der Waals surface area contributed by atoms with E-state index in [1.165, 1.54) is 0 Å². The number of carbonyl (C=O) groups is 1. The Hall–Kier alpha value is -1.30. The Morgan fingerprint density at radius 2 is 1.86 bits per heavy atom. The van der Waals surface area contributed by atoms with Gasteiger partial charge in [-0.3, -0.25) is 4.90 Å². The minimum absolute atomic E-state index is 0.0820. The summed E-state index contributed by atoms with van der Waals surface area (Å²) < 4.78 is 5.37. The van der Waals surface area contributed by atoms with Crippen molar-refractivity contribution in [2.24, 2.45) is 0 Å². The number of amides is 2. The predicted octanol–water partition coefficient (Wildman–Crippen LogP) is 2.25. The van der Waals surface area contributed by atoms with E-state index in [1.54, 1.807) is 0 Å². The van der Waals surface area contributed by atoms with E-state index in [2.05, 4.69) is 29.4 Å². The summed E-state index contributed by atoms with van der Waals surface area (Å²) in [6.45, 7) is 8.68. The lowest BCUT2D eigenvalue weighted by Gasteiger charge is -2.40. The number of hydrogen-bond acceptors (Lipinski definition) is 3. The molecule has 2 N–H and O–H groups in total. The summed E-state index contributed by atoms with van der Waals surface area (Å²) in [4.78, 5) is 14.3. The SMILES string of the molecule is CC(C)(CNC(=O)NCc1ccc(Cl)cc1)N1CCOCC1. The molecule has 0 radical (unpaired) electrons. The van der Waals surface area contributed by atoms with Crippen LogP contribution in [0.15, 0.2) is 24.3 Å². The number of carbonyl (C=O) groups excluding carboxylic acids is 1. The van der Waals surface area contributed by atoms with Crippen molar-refractivity contribution in [1.82, 2.24) is 15.5 Å². The zero-order chi connectivity index (χ0) is 16.0. The summed E-state index contributed by atoms with van der Waals surface area (Å²) in [5, 5.41) is 6.50. The molecule has 1 aromatic carbocycles. The van der Waals surface area contributed by atoms with Crippen LogP contribution >= 0.6 is 11.6 Å². The number of rotatable bonds is 5. The van der Waals surface area contributed by atoms with Crippen LogP contribution in [-0.2, 0) is 11.3 Å². The van der Waals surface area contributed by atoms with E-state index in [9.17, 15) is 4.79 Å². The highest BCUT2D eigenvalue weighted by atomic mass is 35.5. The summed E-state index contributed by atoms with van der Waals surface area (Å²) in [6.07, 6.45) is 0. The third-order valence-corrected chi connectivity index (χ3v) is 4.17. The van der Waals surface area contributed by atoms with E-state index in [0.29, 0.717) is 18.1 Å². The normalized spacial score (nSPS) is 16.3. The van der Waals surface area contributed by atoms with Crippen LogP contribution in [-0.4, -0.2) is 49.3 Å². The molecule has 1 aliphatic heterocycles. The lowest BCUT2D eigenvalue weighted by atomic mass is 10.0. The molecule has 2 amide bonds. The van der Waals surface area contributed by atoms with Crippen LogP contribution in [0.4, 0.5) is 4.79 Å². The molecule has 22 heavy (non-hydrogen) atoms. The third-order valence-electron chi connectivity index (χ3n) is 3.92. The van der Waals surface area contributed by atoms with Gasteiger partial charge in [0.25, 0.3) is 0 Å². The van der Waals surface area contributed by atoms with Crippen molar-refractivity contribution in [3.05, 3.63) is 34.9 Å². The topological polar surface area (TPSA) is 53.6 Å². The average Bonchev–Trinajstić information content (AvgIpc) is 2.53. The summed E-state index contributed by atoms with van der Waals surface area (Å²) >= 11 is 5.83. The Kier molecular flexibility index (Phi) is 6.06. The first-order valence-corrected chi connectivity index (χ1v) is 7.94. The Morgan fingerprint density at radius 3 is 2.50 bits per heavy atom. The van der Waals surface area contributed by atoms with Gasteiger partial charge in [-0.2, -0.15) is 0 Å². The minimum Gasteiger partial charge on any atom is -0.379 e. The largest absolute Gasteiger partial charge is 0.379 e. The van der Waals surface area contributed by atoms with Crippen molar-refractivity contribution in [2.75, 3.05) is 32.8 Å². The fourth-order valence-corrected chi connectivity index (χ4v) is 2.55. The number of nitrogens with zero attached hydrogens (tertiary/aromatic N) is 1. The molecule has 1 heterocycles. The van der Waals surface area contributed by atoms with Gasteiger partial charge in [-0.1, -0.05) is 23.7 Å². The van der Waals surface area contributed by atoms with Crippen LogP contribution in [0.2, 0.25) is 5.02 Å². The van der Waals surface area contributed by atoms with Crippen molar-refractivity contribution < 1.29 is 9.53 Å². The smallest absolute Gasteiger partial charge is 0.315 e. The maximum atomic E-state index is 11.9. The molecule has 0 atom stereocenters. The average molecular weight is 326 g/mol. The zero-order valence-electron chi connectivity index (χ0n) is 13.2. The molecule has 2 rings (SSSR count). The highest BCUT2D eigenvalue weighted by molar-refractivity contribution is 6.30. The third kappa shape index (κ3) is 5.16. The van der Waals surface area contributed by atoms with Crippen molar-refractivity contribution in [3.8, 4) is 0 Å². The first kappa shape index (κ1) is 17.1. The zero-order valence-corrected chi connectivity index (χ0v) is 13.9. The summed E-state index contributed by atoms with van der Waals surface area (Å²) in [5.74, 6) is 0. The van der Waals surface area contributed by atoms with E-state index in [0.717, 1.165) is 31.9 Å². The highest BCUT2D eigenvalue weighted by Crippen LogP contribution is 2.15. The maximum Gasteiger partial charge on any atom is 0.315 e. The minimum atomic E-state index is -0.156. The Morgan fingerprint density at radius 1 is 1.23 bits per heavy atom. The van der Waals surface area contributed by atoms with Crippen molar-refractivity contribution >= 4 is 17.6 Å². The second kappa shape index (κ2) is 7.81. The Balaban J connectivity index is 1.73. The van der Waals surface area contributed by atoms with E-state index >= 15 is 0 Å². The van der Waals surface area contributed by atoms with Gasteiger partial charge in [0.2, 0.25) is 0 Å². The molecular weight excluding hydrogens is 302 g/mol. The van der Waals surface area contributed by atoms with Gasteiger partial charge in [0.1, 0.15) is 0 Å². The van der Waals surface area contributed by atoms with Crippen LogP contribution in [0.5, 0.6) is 0 Å². The van der Waals surface area contributed by atoms with Crippen LogP contribution in [0.3, 0.4) is 0 Å². The van der Waals surface area contributed by atoms with Gasteiger partial charge in [0.05, 0.1) is 13.2 Å². The number of urea groups is 1. The molecule has 0 unspecified atom stereocenters.